The molecule has 11 heavy (non-hydrogen) atoms. The summed E-state index contributed by atoms with van der Waals surface area (Å²) < 4.78 is 4.40. The van der Waals surface area contributed by atoms with Gasteiger partial charge in [0, 0.05) is 5.92 Å². The highest BCUT2D eigenvalue weighted by Crippen LogP contribution is 2.22. The molecule has 0 aromatic rings. The summed E-state index contributed by atoms with van der Waals surface area (Å²) in [5, 5.41) is -0.778. The molecular formula is C6H9Cl3O2. The topological polar surface area (TPSA) is 26.3 Å². The fourth-order valence-corrected chi connectivity index (χ4v) is 1.13. The van der Waals surface area contributed by atoms with E-state index in [-0.39, 0.29) is 5.92 Å². The van der Waals surface area contributed by atoms with Gasteiger partial charge in [-0.3, -0.25) is 4.79 Å². The van der Waals surface area contributed by atoms with Gasteiger partial charge in [0.1, 0.15) is 10.2 Å². The van der Waals surface area contributed by atoms with Gasteiger partial charge < -0.3 is 4.74 Å². The predicted octanol–water partition coefficient (Wildman–Crippen LogP) is 2.21. The van der Waals surface area contributed by atoms with E-state index >= 15 is 0 Å². The first kappa shape index (κ1) is 11.3. The van der Waals surface area contributed by atoms with Crippen LogP contribution in [0.4, 0.5) is 0 Å². The van der Waals surface area contributed by atoms with Crippen molar-refractivity contribution in [2.24, 2.45) is 5.92 Å². The van der Waals surface area contributed by atoms with Crippen molar-refractivity contribution in [3.8, 4) is 0 Å². The summed E-state index contributed by atoms with van der Waals surface area (Å²) in [7, 11) is 1.27. The van der Waals surface area contributed by atoms with E-state index in [4.69, 9.17) is 34.8 Å². The van der Waals surface area contributed by atoms with Gasteiger partial charge in [-0.25, -0.2) is 0 Å². The van der Waals surface area contributed by atoms with Gasteiger partial charge in [-0.1, -0.05) is 6.92 Å². The molecule has 0 fully saturated rings. The van der Waals surface area contributed by atoms with Crippen LogP contribution in [-0.2, 0) is 9.53 Å². The molecule has 0 aliphatic heterocycles. The van der Waals surface area contributed by atoms with Crippen molar-refractivity contribution < 1.29 is 9.53 Å². The van der Waals surface area contributed by atoms with Gasteiger partial charge in [0.25, 0.3) is 0 Å². The molecule has 0 radical (unpaired) electrons. The minimum atomic E-state index is -0.778. The zero-order valence-electron chi connectivity index (χ0n) is 6.18. The van der Waals surface area contributed by atoms with Crippen LogP contribution in [0.5, 0.6) is 0 Å². The maximum Gasteiger partial charge on any atom is 0.324 e. The number of alkyl halides is 3. The lowest BCUT2D eigenvalue weighted by Crippen LogP contribution is -2.27. The summed E-state index contributed by atoms with van der Waals surface area (Å²) in [5.41, 5.74) is 0. The monoisotopic (exact) mass is 218 g/mol. The Kier molecular flexibility index (Phi) is 5.23. The van der Waals surface area contributed by atoms with Gasteiger partial charge in [0.05, 0.1) is 7.11 Å². The van der Waals surface area contributed by atoms with E-state index in [1.807, 2.05) is 0 Å². The van der Waals surface area contributed by atoms with Crippen molar-refractivity contribution in [2.75, 3.05) is 7.11 Å². The number of carbonyl (C=O) groups is 1. The molecule has 0 aromatic carbocycles. The van der Waals surface area contributed by atoms with Gasteiger partial charge in [-0.2, -0.15) is 0 Å². The molecule has 0 saturated heterocycles. The van der Waals surface area contributed by atoms with E-state index < -0.39 is 16.2 Å². The van der Waals surface area contributed by atoms with Crippen molar-refractivity contribution in [1.29, 1.82) is 0 Å². The van der Waals surface area contributed by atoms with E-state index in [0.29, 0.717) is 0 Å². The number of methoxy groups -OCH3 is 1. The summed E-state index contributed by atoms with van der Waals surface area (Å²) in [5.74, 6) is -0.821. The number of rotatable bonds is 3. The Balaban J connectivity index is 4.01. The second-order valence-electron chi connectivity index (χ2n) is 2.12. The van der Waals surface area contributed by atoms with E-state index in [2.05, 4.69) is 4.74 Å². The Bertz CT molecular complexity index is 138. The van der Waals surface area contributed by atoms with Gasteiger partial charge in [0.2, 0.25) is 0 Å². The van der Waals surface area contributed by atoms with E-state index in [1.165, 1.54) is 7.11 Å². The van der Waals surface area contributed by atoms with Crippen LogP contribution in [0.25, 0.3) is 0 Å². The zero-order chi connectivity index (χ0) is 9.02. The Labute approximate surface area is 80.7 Å². The van der Waals surface area contributed by atoms with Crippen LogP contribution in [0.1, 0.15) is 6.92 Å². The SMILES string of the molecule is COC(=O)C(Cl)C(C)C(Cl)Cl. The molecule has 0 heterocycles. The molecule has 2 unspecified atom stereocenters. The zero-order valence-corrected chi connectivity index (χ0v) is 8.45. The smallest absolute Gasteiger partial charge is 0.324 e. The molecular weight excluding hydrogens is 210 g/mol. The normalized spacial score (nSPS) is 16.2. The molecule has 0 spiro atoms. The molecule has 0 bridgehead atoms. The van der Waals surface area contributed by atoms with E-state index in [0.717, 1.165) is 0 Å². The number of hydrogen-bond donors (Lipinski definition) is 0. The largest absolute Gasteiger partial charge is 0.468 e. The molecule has 0 aliphatic carbocycles. The lowest BCUT2D eigenvalue weighted by atomic mass is 10.1. The number of halogens is 3. The first-order valence-electron chi connectivity index (χ1n) is 3.00. The van der Waals surface area contributed by atoms with Crippen LogP contribution in [0, 0.1) is 5.92 Å². The third-order valence-corrected chi connectivity index (χ3v) is 2.66. The van der Waals surface area contributed by atoms with Crippen molar-refractivity contribution >= 4 is 40.8 Å². The Hall–Kier alpha value is 0.340. The van der Waals surface area contributed by atoms with E-state index in [1.54, 1.807) is 6.92 Å². The van der Waals surface area contributed by atoms with Gasteiger partial charge in [-0.05, 0) is 0 Å². The molecule has 0 aromatic heterocycles. The molecule has 66 valence electrons. The van der Waals surface area contributed by atoms with Gasteiger partial charge in [0.15, 0.2) is 0 Å². The standard InChI is InChI=1S/C6H9Cl3O2/c1-3(5(8)9)4(7)6(10)11-2/h3-5H,1-2H3. The summed E-state index contributed by atoms with van der Waals surface area (Å²) in [6, 6.07) is 0. The lowest BCUT2D eigenvalue weighted by Gasteiger charge is -2.15. The third-order valence-electron chi connectivity index (χ3n) is 1.29. The molecule has 0 rings (SSSR count). The molecule has 0 amide bonds. The molecule has 2 nitrogen and oxygen atoms in total. The summed E-state index contributed by atoms with van der Waals surface area (Å²) >= 11 is 16.6. The highest BCUT2D eigenvalue weighted by atomic mass is 35.5. The van der Waals surface area contributed by atoms with Crippen LogP contribution in [0.15, 0.2) is 0 Å². The molecule has 5 heteroatoms. The predicted molar refractivity (Wildman–Crippen MR) is 46.3 cm³/mol. The van der Waals surface area contributed by atoms with Crippen molar-refractivity contribution in [3.05, 3.63) is 0 Å². The first-order chi connectivity index (χ1) is 5.00. The number of esters is 1. The van der Waals surface area contributed by atoms with Crippen molar-refractivity contribution in [1.82, 2.24) is 0 Å². The van der Waals surface area contributed by atoms with Gasteiger partial charge >= 0.3 is 5.97 Å². The second kappa shape index (κ2) is 5.07. The van der Waals surface area contributed by atoms with Crippen LogP contribution >= 0.6 is 34.8 Å². The second-order valence-corrected chi connectivity index (χ2v) is 3.75. The summed E-state index contributed by atoms with van der Waals surface area (Å²) in [6.45, 7) is 1.68. The van der Waals surface area contributed by atoms with Crippen molar-refractivity contribution in [2.45, 2.75) is 17.1 Å². The van der Waals surface area contributed by atoms with Crippen LogP contribution < -0.4 is 0 Å². The van der Waals surface area contributed by atoms with Crippen LogP contribution in [0.3, 0.4) is 0 Å². The number of ether oxygens (including phenoxy) is 1. The lowest BCUT2D eigenvalue weighted by molar-refractivity contribution is -0.141. The quantitative estimate of drug-likeness (QED) is 0.537. The van der Waals surface area contributed by atoms with Gasteiger partial charge in [-0.15, -0.1) is 34.8 Å². The Morgan fingerprint density at radius 3 is 2.09 bits per heavy atom. The summed E-state index contributed by atoms with van der Waals surface area (Å²) in [6.07, 6.45) is 0. The minimum absolute atomic E-state index is 0.313. The molecule has 2 atom stereocenters. The fourth-order valence-electron chi connectivity index (χ4n) is 0.455. The summed E-state index contributed by atoms with van der Waals surface area (Å²) in [4.78, 5) is 10.1. The Morgan fingerprint density at radius 1 is 1.36 bits per heavy atom. The molecule has 0 aliphatic rings. The highest BCUT2D eigenvalue weighted by molar-refractivity contribution is 6.45. The maximum atomic E-state index is 10.8. The average Bonchev–Trinajstić information content (AvgIpc) is 2.00. The Morgan fingerprint density at radius 2 is 1.82 bits per heavy atom. The molecule has 0 N–H and O–H groups in total. The minimum Gasteiger partial charge on any atom is -0.468 e. The maximum absolute atomic E-state index is 10.8. The number of hydrogen-bond acceptors (Lipinski definition) is 2. The third kappa shape index (κ3) is 3.50. The van der Waals surface area contributed by atoms with Crippen LogP contribution in [0.2, 0.25) is 0 Å². The van der Waals surface area contributed by atoms with Crippen LogP contribution in [-0.4, -0.2) is 23.3 Å². The first-order valence-corrected chi connectivity index (χ1v) is 4.31. The fraction of sp³-hybridized carbons (Fsp3) is 0.833. The van der Waals surface area contributed by atoms with E-state index in [9.17, 15) is 4.79 Å². The number of carbonyl (C=O) groups excluding carboxylic acids is 1. The highest BCUT2D eigenvalue weighted by Gasteiger charge is 2.27. The average molecular weight is 219 g/mol. The van der Waals surface area contributed by atoms with Crippen molar-refractivity contribution in [3.63, 3.8) is 0 Å². The molecule has 0 saturated carbocycles.